The minimum Gasteiger partial charge on any atom is -0.484 e. The smallest absolute Gasteiger partial charge is 0.294 e. The van der Waals surface area contributed by atoms with E-state index >= 15 is 0 Å². The maximum atomic E-state index is 12.8. The van der Waals surface area contributed by atoms with Gasteiger partial charge in [-0.05, 0) is 91.7 Å². The lowest BCUT2D eigenvalue weighted by atomic mass is 10.1. The molecule has 0 aromatic heterocycles. The quantitative estimate of drug-likeness (QED) is 0.384. The summed E-state index contributed by atoms with van der Waals surface area (Å²) in [7, 11) is 0. The highest BCUT2D eigenvalue weighted by atomic mass is 32.2. The van der Waals surface area contributed by atoms with Crippen LogP contribution in [-0.2, 0) is 14.4 Å². The van der Waals surface area contributed by atoms with Crippen molar-refractivity contribution in [2.45, 2.75) is 20.8 Å². The van der Waals surface area contributed by atoms with Gasteiger partial charge in [-0.3, -0.25) is 24.1 Å². The van der Waals surface area contributed by atoms with Crippen molar-refractivity contribution in [2.75, 3.05) is 23.8 Å². The summed E-state index contributed by atoms with van der Waals surface area (Å²) in [6, 6.07) is 19.7. The molecule has 38 heavy (non-hydrogen) atoms. The third-order valence-corrected chi connectivity index (χ3v) is 6.76. The number of hydrogen-bond donors (Lipinski definition) is 2. The van der Waals surface area contributed by atoms with Crippen LogP contribution in [0.25, 0.3) is 6.08 Å². The van der Waals surface area contributed by atoms with Gasteiger partial charge >= 0.3 is 0 Å². The fourth-order valence-corrected chi connectivity index (χ4v) is 4.43. The van der Waals surface area contributed by atoms with E-state index in [4.69, 9.17) is 4.74 Å². The van der Waals surface area contributed by atoms with Crippen molar-refractivity contribution in [1.29, 1.82) is 0 Å². The van der Waals surface area contributed by atoms with Crippen LogP contribution < -0.4 is 15.4 Å². The first kappa shape index (κ1) is 26.7. The number of thioether (sulfide) groups is 1. The van der Waals surface area contributed by atoms with E-state index in [0.717, 1.165) is 33.4 Å². The van der Waals surface area contributed by atoms with Crippen molar-refractivity contribution >= 4 is 52.2 Å². The maximum Gasteiger partial charge on any atom is 0.294 e. The summed E-state index contributed by atoms with van der Waals surface area (Å²) in [5.41, 5.74) is 5.20. The number of carbonyl (C=O) groups is 4. The molecular weight excluding hydrogens is 502 g/mol. The van der Waals surface area contributed by atoms with Gasteiger partial charge < -0.3 is 15.4 Å². The Balaban J connectivity index is 1.30. The lowest BCUT2D eigenvalue weighted by Crippen LogP contribution is -2.36. The molecule has 1 aliphatic rings. The number of amides is 4. The Bertz CT molecular complexity index is 1420. The average Bonchev–Trinajstić information content (AvgIpc) is 3.14. The summed E-state index contributed by atoms with van der Waals surface area (Å²) < 4.78 is 5.54. The number of aryl methyl sites for hydroxylation is 3. The van der Waals surface area contributed by atoms with E-state index in [2.05, 4.69) is 10.6 Å². The molecule has 194 valence electrons. The van der Waals surface area contributed by atoms with Crippen molar-refractivity contribution < 1.29 is 23.9 Å². The van der Waals surface area contributed by atoms with E-state index in [0.29, 0.717) is 22.7 Å². The molecular formula is C29H27N3O5S. The molecule has 4 rings (SSSR count). The minimum atomic E-state index is -0.525. The number of carbonyl (C=O) groups excluding carboxylic acids is 4. The van der Waals surface area contributed by atoms with Crippen molar-refractivity contribution in [3.63, 3.8) is 0 Å². The number of imide groups is 1. The van der Waals surface area contributed by atoms with E-state index in [1.165, 1.54) is 0 Å². The zero-order chi connectivity index (χ0) is 27.2. The van der Waals surface area contributed by atoms with Gasteiger partial charge in [-0.15, -0.1) is 0 Å². The second-order valence-electron chi connectivity index (χ2n) is 8.89. The molecule has 8 nitrogen and oxygen atoms in total. The van der Waals surface area contributed by atoms with Crippen molar-refractivity contribution in [3.05, 3.63) is 93.9 Å². The lowest BCUT2D eigenvalue weighted by Gasteiger charge is -2.13. The van der Waals surface area contributed by atoms with Crippen LogP contribution in [0, 0.1) is 20.8 Å². The maximum absolute atomic E-state index is 12.8. The molecule has 0 unspecified atom stereocenters. The summed E-state index contributed by atoms with van der Waals surface area (Å²) >= 11 is 0.784. The minimum absolute atomic E-state index is 0.156. The van der Waals surface area contributed by atoms with Crippen LogP contribution in [0.2, 0.25) is 0 Å². The first-order chi connectivity index (χ1) is 18.2. The fourth-order valence-electron chi connectivity index (χ4n) is 3.59. The van der Waals surface area contributed by atoms with Gasteiger partial charge in [0.1, 0.15) is 12.3 Å². The van der Waals surface area contributed by atoms with Crippen LogP contribution in [-0.4, -0.2) is 41.0 Å². The number of nitrogens with one attached hydrogen (secondary N) is 2. The van der Waals surface area contributed by atoms with E-state index in [1.54, 1.807) is 36.4 Å². The zero-order valence-corrected chi connectivity index (χ0v) is 22.1. The molecule has 0 atom stereocenters. The van der Waals surface area contributed by atoms with Gasteiger partial charge in [-0.1, -0.05) is 35.9 Å². The first-order valence-corrected chi connectivity index (χ1v) is 12.7. The van der Waals surface area contributed by atoms with Crippen LogP contribution in [0.5, 0.6) is 5.75 Å². The third kappa shape index (κ3) is 6.89. The number of hydrogen-bond acceptors (Lipinski definition) is 6. The fraction of sp³-hybridized carbons (Fsp3) is 0.172. The molecule has 0 radical (unpaired) electrons. The summed E-state index contributed by atoms with van der Waals surface area (Å²) in [6.45, 7) is 5.35. The third-order valence-electron chi connectivity index (χ3n) is 5.85. The van der Waals surface area contributed by atoms with Crippen LogP contribution in [0.3, 0.4) is 0 Å². The zero-order valence-electron chi connectivity index (χ0n) is 21.2. The Labute approximate surface area is 225 Å². The van der Waals surface area contributed by atoms with Gasteiger partial charge in [0.05, 0.1) is 4.91 Å². The SMILES string of the molecule is Cc1ccc(NC(=O)COc2ccc(/C=C3/SC(=O)N(CC(=O)Nc4ccc(C)c(C)c4)C3=O)cc2)cc1. The highest BCUT2D eigenvalue weighted by Crippen LogP contribution is 2.32. The second-order valence-corrected chi connectivity index (χ2v) is 9.88. The predicted molar refractivity (Wildman–Crippen MR) is 149 cm³/mol. The number of rotatable bonds is 8. The molecule has 0 bridgehead atoms. The highest BCUT2D eigenvalue weighted by Gasteiger charge is 2.36. The normalized spacial score (nSPS) is 14.1. The summed E-state index contributed by atoms with van der Waals surface area (Å²) in [6.07, 6.45) is 1.58. The van der Waals surface area contributed by atoms with Gasteiger partial charge in [0.15, 0.2) is 6.61 Å². The Morgan fingerprint density at radius 2 is 1.50 bits per heavy atom. The van der Waals surface area contributed by atoms with E-state index in [-0.39, 0.29) is 24.0 Å². The molecule has 0 saturated carbocycles. The predicted octanol–water partition coefficient (Wildman–Crippen LogP) is 5.30. The summed E-state index contributed by atoms with van der Waals surface area (Å²) in [5.74, 6) is -0.779. The lowest BCUT2D eigenvalue weighted by molar-refractivity contribution is -0.127. The summed E-state index contributed by atoms with van der Waals surface area (Å²) in [5, 5.41) is 4.99. The van der Waals surface area contributed by atoms with E-state index < -0.39 is 17.1 Å². The Morgan fingerprint density at radius 3 is 2.18 bits per heavy atom. The molecule has 4 amide bonds. The van der Waals surface area contributed by atoms with Crippen molar-refractivity contribution in [1.82, 2.24) is 4.90 Å². The van der Waals surface area contributed by atoms with Gasteiger partial charge in [-0.2, -0.15) is 0 Å². The molecule has 3 aromatic rings. The van der Waals surface area contributed by atoms with Crippen LogP contribution in [0.15, 0.2) is 71.6 Å². The molecule has 0 spiro atoms. The second kappa shape index (κ2) is 11.8. The van der Waals surface area contributed by atoms with Crippen LogP contribution >= 0.6 is 11.8 Å². The molecule has 1 fully saturated rings. The number of anilines is 2. The van der Waals surface area contributed by atoms with Gasteiger partial charge in [0.25, 0.3) is 17.1 Å². The molecule has 2 N–H and O–H groups in total. The Hall–Kier alpha value is -4.37. The molecule has 9 heteroatoms. The van der Waals surface area contributed by atoms with Gasteiger partial charge in [-0.25, -0.2) is 0 Å². The molecule has 1 saturated heterocycles. The summed E-state index contributed by atoms with van der Waals surface area (Å²) in [4.78, 5) is 50.9. The van der Waals surface area contributed by atoms with E-state index in [1.807, 2.05) is 57.2 Å². The Kier molecular flexibility index (Phi) is 8.28. The highest BCUT2D eigenvalue weighted by molar-refractivity contribution is 8.18. The standard InChI is InChI=1S/C29H27N3O5S/c1-18-4-9-22(10-5-18)30-27(34)17-37-24-12-7-21(8-13-24)15-25-28(35)32(29(36)38-25)16-26(33)31-23-11-6-19(2)20(3)14-23/h4-15H,16-17H2,1-3H3,(H,30,34)(H,31,33)/b25-15+. The molecule has 3 aromatic carbocycles. The monoisotopic (exact) mass is 529 g/mol. The number of benzene rings is 3. The Morgan fingerprint density at radius 1 is 0.842 bits per heavy atom. The van der Waals surface area contributed by atoms with Crippen molar-refractivity contribution in [2.24, 2.45) is 0 Å². The average molecular weight is 530 g/mol. The molecule has 1 heterocycles. The molecule has 0 aliphatic carbocycles. The number of ether oxygens (including phenoxy) is 1. The topological polar surface area (TPSA) is 105 Å². The van der Waals surface area contributed by atoms with E-state index in [9.17, 15) is 19.2 Å². The van der Waals surface area contributed by atoms with Gasteiger partial charge in [0.2, 0.25) is 5.91 Å². The van der Waals surface area contributed by atoms with Crippen LogP contribution in [0.4, 0.5) is 16.2 Å². The first-order valence-electron chi connectivity index (χ1n) is 11.9. The van der Waals surface area contributed by atoms with Crippen LogP contribution in [0.1, 0.15) is 22.3 Å². The largest absolute Gasteiger partial charge is 0.484 e. The molecule has 1 aliphatic heterocycles. The van der Waals surface area contributed by atoms with Crippen molar-refractivity contribution in [3.8, 4) is 5.75 Å². The van der Waals surface area contributed by atoms with Gasteiger partial charge in [0, 0.05) is 11.4 Å². The number of nitrogens with zero attached hydrogens (tertiary/aromatic N) is 1.